The van der Waals surface area contributed by atoms with Gasteiger partial charge in [0.1, 0.15) is 5.82 Å². The van der Waals surface area contributed by atoms with Gasteiger partial charge in [-0.05, 0) is 25.7 Å². The molecule has 0 aromatic carbocycles. The Balaban J connectivity index is 2.91. The number of nitrogens with zero attached hydrogens (tertiary/aromatic N) is 3. The highest BCUT2D eigenvalue weighted by Crippen LogP contribution is 2.14. The summed E-state index contributed by atoms with van der Waals surface area (Å²) in [5, 5.41) is 6.69. The fourth-order valence-electron chi connectivity index (χ4n) is 2.09. The lowest BCUT2D eigenvalue weighted by molar-refractivity contribution is 0.0628. The van der Waals surface area contributed by atoms with E-state index in [2.05, 4.69) is 42.9 Å². The second kappa shape index (κ2) is 6.52. The van der Waals surface area contributed by atoms with Gasteiger partial charge in [0.2, 0.25) is 5.82 Å². The van der Waals surface area contributed by atoms with Crippen LogP contribution in [-0.4, -0.2) is 38.6 Å². The van der Waals surface area contributed by atoms with Crippen LogP contribution in [0.4, 0.5) is 0 Å². The minimum Gasteiger partial charge on any atom is -0.333 e. The molecule has 1 N–H and O–H groups in total. The van der Waals surface area contributed by atoms with Gasteiger partial charge in [0, 0.05) is 12.6 Å². The number of carbonyl (C=O) groups excluding carboxylic acids is 1. The largest absolute Gasteiger partial charge is 0.333 e. The number of aromatic nitrogens is 3. The minimum absolute atomic E-state index is 0.0678. The van der Waals surface area contributed by atoms with E-state index in [1.807, 2.05) is 4.90 Å². The fraction of sp³-hybridized carbons (Fsp3) is 0.769. The van der Waals surface area contributed by atoms with E-state index in [9.17, 15) is 4.79 Å². The van der Waals surface area contributed by atoms with Crippen LogP contribution in [0.15, 0.2) is 0 Å². The number of H-pyrrole nitrogens is 1. The van der Waals surface area contributed by atoms with Gasteiger partial charge in [-0.25, -0.2) is 4.98 Å². The van der Waals surface area contributed by atoms with Gasteiger partial charge in [0.05, 0.1) is 0 Å². The van der Waals surface area contributed by atoms with Crippen LogP contribution in [0.25, 0.3) is 0 Å². The lowest BCUT2D eigenvalue weighted by atomic mass is 10.1. The van der Waals surface area contributed by atoms with Crippen LogP contribution in [0.5, 0.6) is 0 Å². The second-order valence-electron chi connectivity index (χ2n) is 5.07. The number of carbonyl (C=O) groups is 1. The number of hydrogen-bond donors (Lipinski definition) is 1. The first-order chi connectivity index (χ1) is 8.49. The summed E-state index contributed by atoms with van der Waals surface area (Å²) in [6.07, 6.45) is 1.91. The second-order valence-corrected chi connectivity index (χ2v) is 5.07. The monoisotopic (exact) mass is 252 g/mol. The maximum Gasteiger partial charge on any atom is 0.293 e. The molecule has 1 rings (SSSR count). The van der Waals surface area contributed by atoms with Crippen LogP contribution in [-0.2, 0) is 0 Å². The molecule has 0 bridgehead atoms. The highest BCUT2D eigenvalue weighted by Gasteiger charge is 2.25. The third-order valence-corrected chi connectivity index (χ3v) is 2.99. The summed E-state index contributed by atoms with van der Waals surface area (Å²) in [6, 6.07) is 0.263. The quantitative estimate of drug-likeness (QED) is 0.845. The van der Waals surface area contributed by atoms with E-state index in [-0.39, 0.29) is 17.8 Å². The van der Waals surface area contributed by atoms with Crippen LogP contribution >= 0.6 is 0 Å². The molecule has 1 heterocycles. The van der Waals surface area contributed by atoms with E-state index in [1.54, 1.807) is 6.92 Å². The summed E-state index contributed by atoms with van der Waals surface area (Å²) < 4.78 is 0. The summed E-state index contributed by atoms with van der Waals surface area (Å²) in [7, 11) is 0. The van der Waals surface area contributed by atoms with E-state index < -0.39 is 0 Å². The van der Waals surface area contributed by atoms with Crippen molar-refractivity contribution < 1.29 is 4.79 Å². The van der Waals surface area contributed by atoms with Gasteiger partial charge in [-0.1, -0.05) is 27.7 Å². The molecule has 0 fully saturated rings. The molecule has 5 heteroatoms. The van der Waals surface area contributed by atoms with E-state index in [4.69, 9.17) is 0 Å². The molecular weight excluding hydrogens is 228 g/mol. The number of nitrogens with one attached hydrogen (secondary N) is 1. The predicted molar refractivity (Wildman–Crippen MR) is 71.4 cm³/mol. The van der Waals surface area contributed by atoms with Crippen molar-refractivity contribution in [3.8, 4) is 0 Å². The van der Waals surface area contributed by atoms with Gasteiger partial charge in [0.15, 0.2) is 0 Å². The molecule has 1 aromatic rings. The Morgan fingerprint density at radius 3 is 2.33 bits per heavy atom. The highest BCUT2D eigenvalue weighted by atomic mass is 16.2. The molecule has 0 aliphatic rings. The van der Waals surface area contributed by atoms with Crippen molar-refractivity contribution in [2.75, 3.05) is 6.54 Å². The molecule has 18 heavy (non-hydrogen) atoms. The average molecular weight is 252 g/mol. The third kappa shape index (κ3) is 3.55. The van der Waals surface area contributed by atoms with Crippen LogP contribution < -0.4 is 0 Å². The van der Waals surface area contributed by atoms with E-state index in [0.717, 1.165) is 19.4 Å². The zero-order valence-corrected chi connectivity index (χ0v) is 12.0. The fourth-order valence-corrected chi connectivity index (χ4v) is 2.09. The van der Waals surface area contributed by atoms with Gasteiger partial charge in [-0.15, -0.1) is 5.10 Å². The molecule has 102 valence electrons. The molecular formula is C13H24N4O. The molecule has 0 spiro atoms. The Kier molecular flexibility index (Phi) is 5.31. The standard InChI is InChI=1S/C13H24N4O/c1-6-11(7-2)17(8-9(3)4)13(18)12-14-10(5)15-16-12/h9,11H,6-8H2,1-5H3,(H,14,15,16). The first-order valence-corrected chi connectivity index (χ1v) is 6.69. The summed E-state index contributed by atoms with van der Waals surface area (Å²) in [5.41, 5.74) is 0. The Morgan fingerprint density at radius 2 is 1.94 bits per heavy atom. The van der Waals surface area contributed by atoms with Gasteiger partial charge >= 0.3 is 0 Å². The zero-order chi connectivity index (χ0) is 13.7. The maximum atomic E-state index is 12.4. The molecule has 5 nitrogen and oxygen atoms in total. The van der Waals surface area contributed by atoms with Crippen molar-refractivity contribution >= 4 is 5.91 Å². The summed E-state index contributed by atoms with van der Waals surface area (Å²) in [4.78, 5) is 18.5. The van der Waals surface area contributed by atoms with Crippen molar-refractivity contribution in [2.24, 2.45) is 5.92 Å². The minimum atomic E-state index is -0.0678. The number of aryl methyl sites for hydroxylation is 1. The number of amides is 1. The number of rotatable bonds is 6. The maximum absolute atomic E-state index is 12.4. The molecule has 1 amide bonds. The summed E-state index contributed by atoms with van der Waals surface area (Å²) in [5.74, 6) is 1.32. The van der Waals surface area contributed by atoms with Gasteiger partial charge < -0.3 is 4.90 Å². The Labute approximate surface area is 109 Å². The van der Waals surface area contributed by atoms with Gasteiger partial charge in [0.25, 0.3) is 5.91 Å². The Bertz CT molecular complexity index is 382. The van der Waals surface area contributed by atoms with Crippen molar-refractivity contribution in [3.05, 3.63) is 11.6 Å². The first-order valence-electron chi connectivity index (χ1n) is 6.69. The van der Waals surface area contributed by atoms with Crippen molar-refractivity contribution in [2.45, 2.75) is 53.5 Å². The summed E-state index contributed by atoms with van der Waals surface area (Å²) in [6.45, 7) is 11.0. The molecule has 0 aliphatic heterocycles. The van der Waals surface area contributed by atoms with Crippen molar-refractivity contribution in [1.29, 1.82) is 0 Å². The predicted octanol–water partition coefficient (Wildman–Crippen LogP) is 2.40. The topological polar surface area (TPSA) is 61.9 Å². The number of aromatic amines is 1. The lowest BCUT2D eigenvalue weighted by Crippen LogP contribution is -2.42. The number of hydrogen-bond acceptors (Lipinski definition) is 3. The van der Waals surface area contributed by atoms with Crippen molar-refractivity contribution in [3.63, 3.8) is 0 Å². The smallest absolute Gasteiger partial charge is 0.293 e. The molecule has 0 saturated carbocycles. The zero-order valence-electron chi connectivity index (χ0n) is 12.0. The lowest BCUT2D eigenvalue weighted by Gasteiger charge is -2.31. The van der Waals surface area contributed by atoms with Crippen LogP contribution in [0.1, 0.15) is 57.0 Å². The normalized spacial score (nSPS) is 11.3. The molecule has 0 unspecified atom stereocenters. The highest BCUT2D eigenvalue weighted by molar-refractivity contribution is 5.90. The van der Waals surface area contributed by atoms with Gasteiger partial charge in [-0.2, -0.15) is 0 Å². The van der Waals surface area contributed by atoms with E-state index in [1.165, 1.54) is 0 Å². The molecule has 0 aliphatic carbocycles. The molecule has 0 radical (unpaired) electrons. The average Bonchev–Trinajstić information content (AvgIpc) is 2.74. The van der Waals surface area contributed by atoms with Crippen LogP contribution in [0.2, 0.25) is 0 Å². The van der Waals surface area contributed by atoms with Crippen LogP contribution in [0.3, 0.4) is 0 Å². The van der Waals surface area contributed by atoms with Crippen molar-refractivity contribution in [1.82, 2.24) is 20.1 Å². The molecule has 1 aromatic heterocycles. The first kappa shape index (κ1) is 14.7. The molecule has 0 atom stereocenters. The van der Waals surface area contributed by atoms with Gasteiger partial charge in [-0.3, -0.25) is 9.89 Å². The van der Waals surface area contributed by atoms with E-state index >= 15 is 0 Å². The molecule has 0 saturated heterocycles. The third-order valence-electron chi connectivity index (χ3n) is 2.99. The summed E-state index contributed by atoms with van der Waals surface area (Å²) >= 11 is 0. The Hall–Kier alpha value is -1.39. The van der Waals surface area contributed by atoms with Crippen LogP contribution in [0, 0.1) is 12.8 Å². The SMILES string of the molecule is CCC(CC)N(CC(C)C)C(=O)c1n[nH]c(C)n1. The Morgan fingerprint density at radius 1 is 1.33 bits per heavy atom. The van der Waals surface area contributed by atoms with E-state index in [0.29, 0.717) is 11.7 Å².